The zero-order valence-corrected chi connectivity index (χ0v) is 16.5. The van der Waals surface area contributed by atoms with Crippen molar-refractivity contribution in [3.8, 4) is 0 Å². The number of nitrogens with zero attached hydrogens (tertiary/aromatic N) is 3. The molecule has 1 fully saturated rings. The summed E-state index contributed by atoms with van der Waals surface area (Å²) in [7, 11) is 0. The Balaban J connectivity index is 1.29. The minimum absolute atomic E-state index is 0.200. The molecule has 4 aromatic rings. The van der Waals surface area contributed by atoms with Crippen LogP contribution >= 0.6 is 0 Å². The summed E-state index contributed by atoms with van der Waals surface area (Å²) in [5, 5.41) is 2.00. The number of nitrogens with one attached hydrogen (secondary N) is 1. The molecule has 1 aliphatic rings. The van der Waals surface area contributed by atoms with E-state index in [1.807, 2.05) is 36.5 Å². The molecular weight excluding hydrogens is 376 g/mol. The summed E-state index contributed by atoms with van der Waals surface area (Å²) in [6, 6.07) is 19.5. The average molecular weight is 398 g/mol. The van der Waals surface area contributed by atoms with Gasteiger partial charge in [0.05, 0.1) is 5.52 Å². The number of hydrogen-bond acceptors (Lipinski definition) is 4. The highest BCUT2D eigenvalue weighted by Crippen LogP contribution is 2.19. The number of fused-ring (bicyclic) bond motifs is 2. The largest absolute Gasteiger partial charge is 0.336 e. The maximum absolute atomic E-state index is 13.0. The molecule has 1 amide bonds. The number of aromatic amines is 1. The van der Waals surface area contributed by atoms with Crippen LogP contribution in [-0.4, -0.2) is 51.9 Å². The van der Waals surface area contributed by atoms with Crippen molar-refractivity contribution in [1.82, 2.24) is 19.8 Å². The van der Waals surface area contributed by atoms with Gasteiger partial charge in [-0.3, -0.25) is 19.5 Å². The first-order valence-corrected chi connectivity index (χ1v) is 10.2. The van der Waals surface area contributed by atoms with Crippen molar-refractivity contribution >= 4 is 27.7 Å². The zero-order chi connectivity index (χ0) is 20.5. The number of rotatable bonds is 3. The van der Waals surface area contributed by atoms with Gasteiger partial charge in [-0.25, -0.2) is 0 Å². The van der Waals surface area contributed by atoms with E-state index in [0.29, 0.717) is 13.1 Å². The molecule has 30 heavy (non-hydrogen) atoms. The number of amides is 1. The average Bonchev–Trinajstić information content (AvgIpc) is 2.79. The van der Waals surface area contributed by atoms with Gasteiger partial charge in [0.1, 0.15) is 5.56 Å². The molecule has 150 valence electrons. The lowest BCUT2D eigenvalue weighted by Crippen LogP contribution is -2.49. The van der Waals surface area contributed by atoms with Crippen LogP contribution in [0.25, 0.3) is 21.8 Å². The molecular formula is C24H22N4O2. The molecule has 1 saturated heterocycles. The Hall–Kier alpha value is -3.51. The van der Waals surface area contributed by atoms with Crippen LogP contribution in [0.2, 0.25) is 0 Å². The molecule has 6 nitrogen and oxygen atoms in total. The predicted molar refractivity (Wildman–Crippen MR) is 117 cm³/mol. The molecule has 5 rings (SSSR count). The van der Waals surface area contributed by atoms with Crippen molar-refractivity contribution in [2.75, 3.05) is 26.2 Å². The number of pyridine rings is 2. The second kappa shape index (κ2) is 7.72. The molecule has 2 aromatic heterocycles. The van der Waals surface area contributed by atoms with Crippen molar-refractivity contribution in [3.63, 3.8) is 0 Å². The second-order valence-electron chi connectivity index (χ2n) is 7.66. The van der Waals surface area contributed by atoms with E-state index in [0.717, 1.165) is 41.4 Å². The van der Waals surface area contributed by atoms with Gasteiger partial charge in [0, 0.05) is 49.8 Å². The van der Waals surface area contributed by atoms with Crippen LogP contribution in [0.4, 0.5) is 0 Å². The molecule has 0 spiro atoms. The van der Waals surface area contributed by atoms with Crippen LogP contribution in [0.1, 0.15) is 15.9 Å². The van der Waals surface area contributed by atoms with E-state index in [9.17, 15) is 9.59 Å². The van der Waals surface area contributed by atoms with Crippen LogP contribution in [0.5, 0.6) is 0 Å². The maximum Gasteiger partial charge on any atom is 0.261 e. The first-order valence-electron chi connectivity index (χ1n) is 10.2. The maximum atomic E-state index is 13.0. The third-order valence-electron chi connectivity index (χ3n) is 5.75. The Morgan fingerprint density at radius 3 is 2.57 bits per heavy atom. The van der Waals surface area contributed by atoms with E-state index in [4.69, 9.17) is 0 Å². The van der Waals surface area contributed by atoms with Gasteiger partial charge in [-0.2, -0.15) is 0 Å². The van der Waals surface area contributed by atoms with Gasteiger partial charge in [-0.05, 0) is 29.1 Å². The van der Waals surface area contributed by atoms with Crippen LogP contribution in [0.3, 0.4) is 0 Å². The number of aromatic nitrogens is 2. The standard InChI is InChI=1S/C24H22N4O2/c29-23-20(15-18-5-1-2-9-21(18)26-23)24(30)28-13-11-27(12-14-28)16-19-7-3-6-17-8-4-10-25-22(17)19/h1-10,15H,11-14,16H2,(H,26,29). The number of carbonyl (C=O) groups is 1. The van der Waals surface area contributed by atoms with E-state index in [1.54, 1.807) is 11.0 Å². The van der Waals surface area contributed by atoms with Crippen molar-refractivity contribution in [2.45, 2.75) is 6.54 Å². The van der Waals surface area contributed by atoms with Gasteiger partial charge >= 0.3 is 0 Å². The molecule has 0 bridgehead atoms. The summed E-state index contributed by atoms with van der Waals surface area (Å²) in [6.07, 6.45) is 1.82. The number of hydrogen-bond donors (Lipinski definition) is 1. The fourth-order valence-electron chi connectivity index (χ4n) is 4.12. The van der Waals surface area contributed by atoms with Gasteiger partial charge in [0.25, 0.3) is 11.5 Å². The van der Waals surface area contributed by atoms with Crippen molar-refractivity contribution in [2.24, 2.45) is 0 Å². The highest BCUT2D eigenvalue weighted by Gasteiger charge is 2.24. The lowest BCUT2D eigenvalue weighted by atomic mass is 10.1. The van der Waals surface area contributed by atoms with E-state index < -0.39 is 0 Å². The zero-order valence-electron chi connectivity index (χ0n) is 16.5. The highest BCUT2D eigenvalue weighted by molar-refractivity contribution is 5.97. The summed E-state index contributed by atoms with van der Waals surface area (Å²) < 4.78 is 0. The summed E-state index contributed by atoms with van der Waals surface area (Å²) in [6.45, 7) is 3.53. The topological polar surface area (TPSA) is 69.3 Å². The lowest BCUT2D eigenvalue weighted by molar-refractivity contribution is 0.0627. The second-order valence-corrected chi connectivity index (χ2v) is 7.66. The Morgan fingerprint density at radius 1 is 0.933 bits per heavy atom. The molecule has 0 aliphatic carbocycles. The fourth-order valence-corrected chi connectivity index (χ4v) is 4.12. The molecule has 6 heteroatoms. The molecule has 0 unspecified atom stereocenters. The molecule has 2 aromatic carbocycles. The van der Waals surface area contributed by atoms with Gasteiger partial charge in [-0.15, -0.1) is 0 Å². The third-order valence-corrected chi connectivity index (χ3v) is 5.75. The van der Waals surface area contributed by atoms with Crippen molar-refractivity contribution in [3.05, 3.63) is 88.3 Å². The van der Waals surface area contributed by atoms with Crippen molar-refractivity contribution < 1.29 is 4.79 Å². The van der Waals surface area contributed by atoms with Gasteiger partial charge in [0.2, 0.25) is 0 Å². The van der Waals surface area contributed by atoms with Crippen molar-refractivity contribution in [1.29, 1.82) is 0 Å². The molecule has 0 atom stereocenters. The molecule has 1 N–H and O–H groups in total. The minimum atomic E-state index is -0.331. The van der Waals surface area contributed by atoms with Gasteiger partial charge < -0.3 is 9.88 Å². The number of carbonyl (C=O) groups excluding carboxylic acids is 1. The van der Waals surface area contributed by atoms with Crippen LogP contribution in [0, 0.1) is 0 Å². The summed E-state index contributed by atoms with van der Waals surface area (Å²) >= 11 is 0. The molecule has 1 aliphatic heterocycles. The Morgan fingerprint density at radius 2 is 1.70 bits per heavy atom. The SMILES string of the molecule is O=C(c1cc2ccccc2[nH]c1=O)N1CCN(Cc2cccc3cccnc23)CC1. The van der Waals surface area contributed by atoms with Gasteiger partial charge in [-0.1, -0.05) is 42.5 Å². The van der Waals surface area contributed by atoms with Gasteiger partial charge in [0.15, 0.2) is 0 Å². The number of piperazine rings is 1. The van der Waals surface area contributed by atoms with E-state index in [-0.39, 0.29) is 17.0 Å². The van der Waals surface area contributed by atoms with E-state index in [2.05, 4.69) is 39.1 Å². The normalized spacial score (nSPS) is 15.0. The van der Waals surface area contributed by atoms with Crippen LogP contribution in [-0.2, 0) is 6.54 Å². The molecule has 0 saturated carbocycles. The smallest absolute Gasteiger partial charge is 0.261 e. The predicted octanol–water partition coefficient (Wildman–Crippen LogP) is 3.03. The number of benzene rings is 2. The Kier molecular flexibility index (Phi) is 4.77. The number of para-hydroxylation sites is 2. The summed E-state index contributed by atoms with van der Waals surface area (Å²) in [5.74, 6) is -0.200. The fraction of sp³-hybridized carbons (Fsp3) is 0.208. The van der Waals surface area contributed by atoms with E-state index in [1.165, 1.54) is 5.56 Å². The molecule has 3 heterocycles. The van der Waals surface area contributed by atoms with Crippen LogP contribution < -0.4 is 5.56 Å². The summed E-state index contributed by atoms with van der Waals surface area (Å²) in [5.41, 5.74) is 2.84. The Labute approximate surface area is 173 Å². The first kappa shape index (κ1) is 18.5. The van der Waals surface area contributed by atoms with E-state index >= 15 is 0 Å². The lowest BCUT2D eigenvalue weighted by Gasteiger charge is -2.34. The van der Waals surface area contributed by atoms with Crippen LogP contribution in [0.15, 0.2) is 71.7 Å². The highest BCUT2D eigenvalue weighted by atomic mass is 16.2. The molecule has 0 radical (unpaired) electrons. The minimum Gasteiger partial charge on any atom is -0.336 e. The monoisotopic (exact) mass is 398 g/mol. The number of H-pyrrole nitrogens is 1. The first-order chi connectivity index (χ1) is 14.7. The third kappa shape index (κ3) is 3.46. The quantitative estimate of drug-likeness (QED) is 0.576. The Bertz CT molecular complexity index is 1280. The summed E-state index contributed by atoms with van der Waals surface area (Å²) in [4.78, 5) is 36.9.